The number of carbonyl (C=O) groups is 2. The molecule has 6 nitrogen and oxygen atoms in total. The van der Waals surface area contributed by atoms with Gasteiger partial charge in [0.2, 0.25) is 5.91 Å². The first-order valence-electron chi connectivity index (χ1n) is 8.02. The number of hydrogen-bond donors (Lipinski definition) is 1. The molecule has 8 heteroatoms. The molecule has 0 aromatic heterocycles. The van der Waals surface area contributed by atoms with Gasteiger partial charge in [0.25, 0.3) is 0 Å². The quantitative estimate of drug-likeness (QED) is 0.867. The highest BCUT2D eigenvalue weighted by atomic mass is 35.5. The zero-order valence-corrected chi connectivity index (χ0v) is 14.8. The molecule has 3 rings (SSSR count). The topological polar surface area (TPSA) is 69.9 Å². The highest BCUT2D eigenvalue weighted by molar-refractivity contribution is 6.42. The fraction of sp³-hybridized carbons (Fsp3) is 0.500. The zero-order chi connectivity index (χ0) is 17.3. The number of rotatable bonds is 2. The molecule has 2 saturated heterocycles. The van der Waals surface area contributed by atoms with Crippen LogP contribution < -0.4 is 10.6 Å². The molecule has 2 N–H and O–H groups in total. The van der Waals surface area contributed by atoms with E-state index in [1.807, 2.05) is 17.0 Å². The predicted molar refractivity (Wildman–Crippen MR) is 94.6 cm³/mol. The van der Waals surface area contributed by atoms with Crippen LogP contribution in [-0.2, 0) is 4.79 Å². The summed E-state index contributed by atoms with van der Waals surface area (Å²) in [6.45, 7) is 3.22. The van der Waals surface area contributed by atoms with Crippen LogP contribution in [0.3, 0.4) is 0 Å². The summed E-state index contributed by atoms with van der Waals surface area (Å²) < 4.78 is 0. The monoisotopic (exact) mass is 370 g/mol. The van der Waals surface area contributed by atoms with Crippen LogP contribution in [0.15, 0.2) is 18.2 Å². The Balaban J connectivity index is 1.61. The second-order valence-corrected chi connectivity index (χ2v) is 6.91. The Bertz CT molecular complexity index is 647. The first-order valence-corrected chi connectivity index (χ1v) is 8.78. The molecule has 0 bridgehead atoms. The maximum absolute atomic E-state index is 12.7. The molecule has 0 aliphatic carbocycles. The van der Waals surface area contributed by atoms with Gasteiger partial charge < -0.3 is 20.4 Å². The Morgan fingerprint density at radius 2 is 1.75 bits per heavy atom. The summed E-state index contributed by atoms with van der Waals surface area (Å²) in [4.78, 5) is 29.6. The van der Waals surface area contributed by atoms with E-state index >= 15 is 0 Å². The van der Waals surface area contributed by atoms with E-state index in [0.717, 1.165) is 12.1 Å². The third kappa shape index (κ3) is 3.39. The number of halogens is 2. The van der Waals surface area contributed by atoms with Gasteiger partial charge in [-0.05, 0) is 31.0 Å². The van der Waals surface area contributed by atoms with Crippen molar-refractivity contribution in [2.75, 3.05) is 37.6 Å². The number of primary amides is 1. The van der Waals surface area contributed by atoms with E-state index in [4.69, 9.17) is 28.9 Å². The molecule has 1 atom stereocenters. The number of urea groups is 1. The lowest BCUT2D eigenvalue weighted by Gasteiger charge is -2.38. The summed E-state index contributed by atoms with van der Waals surface area (Å²) in [6, 6.07) is 4.63. The van der Waals surface area contributed by atoms with Crippen LogP contribution in [0.2, 0.25) is 10.0 Å². The lowest BCUT2D eigenvalue weighted by Crippen LogP contribution is -2.55. The predicted octanol–water partition coefficient (Wildman–Crippen LogP) is 2.19. The summed E-state index contributed by atoms with van der Waals surface area (Å²) >= 11 is 12.0. The van der Waals surface area contributed by atoms with E-state index in [-0.39, 0.29) is 5.91 Å². The third-order valence-electron chi connectivity index (χ3n) is 4.68. The van der Waals surface area contributed by atoms with Gasteiger partial charge in [0, 0.05) is 38.4 Å². The molecule has 1 aromatic carbocycles. The normalized spacial score (nSPS) is 21.2. The molecule has 2 aliphatic heterocycles. The van der Waals surface area contributed by atoms with Gasteiger partial charge in [-0.15, -0.1) is 0 Å². The molecule has 0 spiro atoms. The number of hydrogen-bond acceptors (Lipinski definition) is 3. The van der Waals surface area contributed by atoms with E-state index in [1.54, 1.807) is 6.07 Å². The Kier molecular flexibility index (Phi) is 5.06. The Morgan fingerprint density at radius 3 is 2.38 bits per heavy atom. The average molecular weight is 371 g/mol. The van der Waals surface area contributed by atoms with Gasteiger partial charge in [-0.25, -0.2) is 4.79 Å². The first-order chi connectivity index (χ1) is 11.5. The zero-order valence-electron chi connectivity index (χ0n) is 13.3. The molecular formula is C16H20Cl2N4O2. The van der Waals surface area contributed by atoms with Gasteiger partial charge in [-0.2, -0.15) is 0 Å². The van der Waals surface area contributed by atoms with Crippen molar-refractivity contribution in [1.82, 2.24) is 9.80 Å². The number of nitrogens with zero attached hydrogens (tertiary/aromatic N) is 3. The van der Waals surface area contributed by atoms with Crippen LogP contribution in [0.4, 0.5) is 10.5 Å². The molecule has 0 radical (unpaired) electrons. The molecule has 0 saturated carbocycles. The summed E-state index contributed by atoms with van der Waals surface area (Å²) in [5, 5.41) is 1.05. The number of likely N-dealkylation sites (tertiary alicyclic amines) is 1. The third-order valence-corrected chi connectivity index (χ3v) is 5.42. The van der Waals surface area contributed by atoms with E-state index in [9.17, 15) is 9.59 Å². The summed E-state index contributed by atoms with van der Waals surface area (Å²) in [7, 11) is 0. The first kappa shape index (κ1) is 17.2. The molecule has 0 unspecified atom stereocenters. The number of carbonyl (C=O) groups excluding carboxylic acids is 2. The standard InChI is InChI=1S/C16H20Cl2N4O2/c17-12-4-3-11(10-13(12)18)20-6-8-21(9-7-20)15(23)14-2-1-5-22(14)16(19)24/h3-4,10,14H,1-2,5-9H2,(H2,19,24)/t14-/m0/s1. The van der Waals surface area contributed by atoms with Crippen molar-refractivity contribution in [3.8, 4) is 0 Å². The summed E-state index contributed by atoms with van der Waals surface area (Å²) in [5.74, 6) is 0.0000820. The molecule has 2 aliphatic rings. The van der Waals surface area contributed by atoms with Crippen molar-refractivity contribution < 1.29 is 9.59 Å². The van der Waals surface area contributed by atoms with Crippen molar-refractivity contribution in [2.45, 2.75) is 18.9 Å². The van der Waals surface area contributed by atoms with Gasteiger partial charge in [-0.3, -0.25) is 4.79 Å². The lowest BCUT2D eigenvalue weighted by atomic mass is 10.1. The second-order valence-electron chi connectivity index (χ2n) is 6.10. The molecule has 2 fully saturated rings. The summed E-state index contributed by atoms with van der Waals surface area (Å²) in [6.07, 6.45) is 1.51. The van der Waals surface area contributed by atoms with Gasteiger partial charge in [-0.1, -0.05) is 23.2 Å². The Hall–Kier alpha value is -1.66. The molecule has 2 heterocycles. The van der Waals surface area contributed by atoms with E-state index in [0.29, 0.717) is 49.2 Å². The fourth-order valence-electron chi connectivity index (χ4n) is 3.36. The summed E-state index contributed by atoms with van der Waals surface area (Å²) in [5.41, 5.74) is 6.36. The molecule has 3 amide bonds. The second kappa shape index (κ2) is 7.07. The smallest absolute Gasteiger partial charge is 0.315 e. The molecular weight excluding hydrogens is 351 g/mol. The van der Waals surface area contributed by atoms with Crippen molar-refractivity contribution in [2.24, 2.45) is 5.73 Å². The SMILES string of the molecule is NC(=O)N1CCC[C@H]1C(=O)N1CCN(c2ccc(Cl)c(Cl)c2)CC1. The Morgan fingerprint density at radius 1 is 1.04 bits per heavy atom. The Labute approximate surface area is 151 Å². The fourth-order valence-corrected chi connectivity index (χ4v) is 3.66. The van der Waals surface area contributed by atoms with Crippen LogP contribution in [0, 0.1) is 0 Å². The average Bonchev–Trinajstić information content (AvgIpc) is 3.07. The van der Waals surface area contributed by atoms with Crippen molar-refractivity contribution in [3.63, 3.8) is 0 Å². The molecule has 1 aromatic rings. The number of amides is 3. The number of benzene rings is 1. The highest BCUT2D eigenvalue weighted by Gasteiger charge is 2.36. The number of nitrogens with two attached hydrogens (primary N) is 1. The highest BCUT2D eigenvalue weighted by Crippen LogP contribution is 2.28. The van der Waals surface area contributed by atoms with E-state index in [1.165, 1.54) is 4.90 Å². The van der Waals surface area contributed by atoms with Gasteiger partial charge in [0.15, 0.2) is 0 Å². The van der Waals surface area contributed by atoms with Crippen molar-refractivity contribution in [3.05, 3.63) is 28.2 Å². The molecule has 130 valence electrons. The minimum absolute atomic E-state index is 0.0000820. The molecule has 24 heavy (non-hydrogen) atoms. The minimum atomic E-state index is -0.514. The van der Waals surface area contributed by atoms with E-state index in [2.05, 4.69) is 4.90 Å². The minimum Gasteiger partial charge on any atom is -0.368 e. The van der Waals surface area contributed by atoms with Crippen LogP contribution >= 0.6 is 23.2 Å². The number of anilines is 1. The van der Waals surface area contributed by atoms with Crippen LogP contribution in [0.5, 0.6) is 0 Å². The van der Waals surface area contributed by atoms with Gasteiger partial charge in [0.05, 0.1) is 10.0 Å². The largest absolute Gasteiger partial charge is 0.368 e. The maximum Gasteiger partial charge on any atom is 0.315 e. The van der Waals surface area contributed by atoms with Crippen LogP contribution in [0.1, 0.15) is 12.8 Å². The van der Waals surface area contributed by atoms with Crippen LogP contribution in [-0.4, -0.2) is 60.5 Å². The van der Waals surface area contributed by atoms with Gasteiger partial charge in [0.1, 0.15) is 6.04 Å². The van der Waals surface area contributed by atoms with Gasteiger partial charge >= 0.3 is 6.03 Å². The lowest BCUT2D eigenvalue weighted by molar-refractivity contribution is -0.135. The van der Waals surface area contributed by atoms with Crippen LogP contribution in [0.25, 0.3) is 0 Å². The van der Waals surface area contributed by atoms with Crippen molar-refractivity contribution >= 4 is 40.8 Å². The van der Waals surface area contributed by atoms with Crippen molar-refractivity contribution in [1.29, 1.82) is 0 Å². The van der Waals surface area contributed by atoms with E-state index < -0.39 is 12.1 Å². The maximum atomic E-state index is 12.7. The number of piperazine rings is 1.